The molecule has 0 saturated carbocycles. The third-order valence-electron chi connectivity index (χ3n) is 3.51. The summed E-state index contributed by atoms with van der Waals surface area (Å²) in [6, 6.07) is 12.9. The van der Waals surface area contributed by atoms with Crippen molar-refractivity contribution in [2.45, 2.75) is 13.8 Å². The number of hydrogen-bond donors (Lipinski definition) is 1. The standard InChI is InChI=1S/C17H15NO2/c1-10-6-7-12(8-14(10)18)16(19)15-9-13-5-3-4-11(2)17(13)20-15/h3-9H,18H2,1-2H3. The van der Waals surface area contributed by atoms with Crippen LogP contribution >= 0.6 is 0 Å². The Kier molecular flexibility index (Phi) is 2.83. The van der Waals surface area contributed by atoms with Crippen molar-refractivity contribution >= 4 is 22.4 Å². The Bertz CT molecular complexity index is 815. The zero-order valence-electron chi connectivity index (χ0n) is 11.4. The van der Waals surface area contributed by atoms with E-state index in [1.54, 1.807) is 18.2 Å². The Labute approximate surface area is 117 Å². The molecular weight excluding hydrogens is 250 g/mol. The lowest BCUT2D eigenvalue weighted by atomic mass is 10.1. The number of benzene rings is 2. The summed E-state index contributed by atoms with van der Waals surface area (Å²) < 4.78 is 5.69. The minimum Gasteiger partial charge on any atom is -0.452 e. The van der Waals surface area contributed by atoms with E-state index in [9.17, 15) is 4.79 Å². The number of carbonyl (C=O) groups excluding carboxylic acids is 1. The summed E-state index contributed by atoms with van der Waals surface area (Å²) in [4.78, 5) is 12.4. The molecule has 100 valence electrons. The van der Waals surface area contributed by atoms with Crippen molar-refractivity contribution in [3.63, 3.8) is 0 Å². The van der Waals surface area contributed by atoms with Crippen molar-refractivity contribution < 1.29 is 9.21 Å². The van der Waals surface area contributed by atoms with Crippen LogP contribution in [0.3, 0.4) is 0 Å². The van der Waals surface area contributed by atoms with Gasteiger partial charge in [0.25, 0.3) is 0 Å². The molecule has 0 saturated heterocycles. The van der Waals surface area contributed by atoms with Crippen LogP contribution in [0, 0.1) is 13.8 Å². The molecule has 3 heteroatoms. The van der Waals surface area contributed by atoms with E-state index in [0.717, 1.165) is 22.1 Å². The van der Waals surface area contributed by atoms with Gasteiger partial charge in [-0.3, -0.25) is 4.79 Å². The van der Waals surface area contributed by atoms with Crippen molar-refractivity contribution in [1.29, 1.82) is 0 Å². The summed E-state index contributed by atoms with van der Waals surface area (Å²) in [7, 11) is 0. The zero-order valence-corrected chi connectivity index (χ0v) is 11.4. The Morgan fingerprint density at radius 2 is 1.85 bits per heavy atom. The van der Waals surface area contributed by atoms with Crippen LogP contribution in [0.5, 0.6) is 0 Å². The van der Waals surface area contributed by atoms with Crippen molar-refractivity contribution in [3.8, 4) is 0 Å². The van der Waals surface area contributed by atoms with Gasteiger partial charge in [-0.1, -0.05) is 30.3 Å². The highest BCUT2D eigenvalue weighted by molar-refractivity contribution is 6.09. The van der Waals surface area contributed by atoms with Crippen molar-refractivity contribution in [2.75, 3.05) is 5.73 Å². The lowest BCUT2D eigenvalue weighted by Crippen LogP contribution is -2.01. The van der Waals surface area contributed by atoms with Crippen LogP contribution in [-0.2, 0) is 0 Å². The summed E-state index contributed by atoms with van der Waals surface area (Å²) in [5.41, 5.74) is 9.75. The maximum absolute atomic E-state index is 12.4. The minimum atomic E-state index is -0.146. The second-order valence-electron chi connectivity index (χ2n) is 5.00. The predicted octanol–water partition coefficient (Wildman–Crippen LogP) is 3.86. The summed E-state index contributed by atoms with van der Waals surface area (Å²) in [6.07, 6.45) is 0. The minimum absolute atomic E-state index is 0.146. The molecule has 0 spiro atoms. The van der Waals surface area contributed by atoms with Crippen molar-refractivity contribution in [2.24, 2.45) is 0 Å². The van der Waals surface area contributed by atoms with Crippen LogP contribution in [0.15, 0.2) is 46.9 Å². The first-order chi connectivity index (χ1) is 9.56. The monoisotopic (exact) mass is 265 g/mol. The van der Waals surface area contributed by atoms with E-state index in [4.69, 9.17) is 10.2 Å². The molecule has 1 aromatic heterocycles. The summed E-state index contributed by atoms with van der Waals surface area (Å²) in [5, 5.41) is 0.938. The Hall–Kier alpha value is -2.55. The molecule has 0 radical (unpaired) electrons. The smallest absolute Gasteiger partial charge is 0.228 e. The molecular formula is C17H15NO2. The molecule has 0 amide bonds. The summed E-state index contributed by atoms with van der Waals surface area (Å²) >= 11 is 0. The highest BCUT2D eigenvalue weighted by Crippen LogP contribution is 2.25. The lowest BCUT2D eigenvalue weighted by Gasteiger charge is -2.02. The van der Waals surface area contributed by atoms with E-state index in [0.29, 0.717) is 17.0 Å². The van der Waals surface area contributed by atoms with Crippen LogP contribution in [0.4, 0.5) is 5.69 Å². The fourth-order valence-corrected chi connectivity index (χ4v) is 2.24. The van der Waals surface area contributed by atoms with Gasteiger partial charge >= 0.3 is 0 Å². The van der Waals surface area contributed by atoms with E-state index in [1.807, 2.05) is 38.1 Å². The topological polar surface area (TPSA) is 56.2 Å². The number of fused-ring (bicyclic) bond motifs is 1. The van der Waals surface area contributed by atoms with Crippen LogP contribution in [0.1, 0.15) is 27.2 Å². The SMILES string of the molecule is Cc1ccc(C(=O)c2cc3cccc(C)c3o2)cc1N. The predicted molar refractivity (Wildman–Crippen MR) is 80.0 cm³/mol. The molecule has 20 heavy (non-hydrogen) atoms. The highest BCUT2D eigenvalue weighted by atomic mass is 16.3. The Balaban J connectivity index is 2.08. The molecule has 3 aromatic rings. The molecule has 0 unspecified atom stereocenters. The van der Waals surface area contributed by atoms with Crippen LogP contribution in [0.25, 0.3) is 11.0 Å². The molecule has 1 heterocycles. The molecule has 2 N–H and O–H groups in total. The van der Waals surface area contributed by atoms with Gasteiger partial charge in [-0.25, -0.2) is 0 Å². The molecule has 3 nitrogen and oxygen atoms in total. The molecule has 0 atom stereocenters. The molecule has 0 fully saturated rings. The Morgan fingerprint density at radius 1 is 1.05 bits per heavy atom. The van der Waals surface area contributed by atoms with Gasteiger partial charge in [-0.2, -0.15) is 0 Å². The molecule has 0 aliphatic heterocycles. The average molecular weight is 265 g/mol. The van der Waals surface area contributed by atoms with Crippen molar-refractivity contribution in [1.82, 2.24) is 0 Å². The van der Waals surface area contributed by atoms with E-state index >= 15 is 0 Å². The fraction of sp³-hybridized carbons (Fsp3) is 0.118. The summed E-state index contributed by atoms with van der Waals surface area (Å²) in [5.74, 6) is 0.199. The van der Waals surface area contributed by atoms with Gasteiger partial charge in [-0.15, -0.1) is 0 Å². The normalized spacial score (nSPS) is 10.9. The molecule has 0 bridgehead atoms. The number of para-hydroxylation sites is 1. The maximum atomic E-state index is 12.4. The molecule has 2 aromatic carbocycles. The number of carbonyl (C=O) groups is 1. The van der Waals surface area contributed by atoms with Gasteiger partial charge in [0.2, 0.25) is 5.78 Å². The van der Waals surface area contributed by atoms with Crippen LogP contribution in [0.2, 0.25) is 0 Å². The van der Waals surface area contributed by atoms with Gasteiger partial charge in [0.05, 0.1) is 0 Å². The van der Waals surface area contributed by atoms with Gasteiger partial charge in [0.15, 0.2) is 5.76 Å². The molecule has 0 aliphatic rings. The summed E-state index contributed by atoms with van der Waals surface area (Å²) in [6.45, 7) is 3.87. The van der Waals surface area contributed by atoms with Crippen molar-refractivity contribution in [3.05, 3.63) is 64.9 Å². The third kappa shape index (κ3) is 1.97. The average Bonchev–Trinajstić information content (AvgIpc) is 2.86. The first-order valence-electron chi connectivity index (χ1n) is 6.46. The molecule has 0 aliphatic carbocycles. The number of rotatable bonds is 2. The number of nitrogen functional groups attached to an aromatic ring is 1. The number of furan rings is 1. The number of hydrogen-bond acceptors (Lipinski definition) is 3. The first-order valence-corrected chi connectivity index (χ1v) is 6.46. The second-order valence-corrected chi connectivity index (χ2v) is 5.00. The quantitative estimate of drug-likeness (QED) is 0.565. The number of anilines is 1. The van der Waals surface area contributed by atoms with Gasteiger partial charge in [0.1, 0.15) is 5.58 Å². The fourth-order valence-electron chi connectivity index (χ4n) is 2.24. The van der Waals surface area contributed by atoms with E-state index in [2.05, 4.69) is 0 Å². The van der Waals surface area contributed by atoms with Gasteiger partial charge < -0.3 is 10.2 Å². The molecule has 3 rings (SSSR count). The van der Waals surface area contributed by atoms with Gasteiger partial charge in [-0.05, 0) is 37.1 Å². The second kappa shape index (κ2) is 4.53. The third-order valence-corrected chi connectivity index (χ3v) is 3.51. The van der Waals surface area contributed by atoms with Crippen LogP contribution < -0.4 is 5.73 Å². The highest BCUT2D eigenvalue weighted by Gasteiger charge is 2.15. The van der Waals surface area contributed by atoms with E-state index in [-0.39, 0.29) is 5.78 Å². The van der Waals surface area contributed by atoms with E-state index < -0.39 is 0 Å². The van der Waals surface area contributed by atoms with E-state index in [1.165, 1.54) is 0 Å². The number of nitrogens with two attached hydrogens (primary N) is 1. The number of ketones is 1. The first kappa shape index (κ1) is 12.5. The maximum Gasteiger partial charge on any atom is 0.228 e. The lowest BCUT2D eigenvalue weighted by molar-refractivity contribution is 0.101. The Morgan fingerprint density at radius 3 is 2.55 bits per heavy atom. The zero-order chi connectivity index (χ0) is 14.3. The van der Waals surface area contributed by atoms with Gasteiger partial charge in [0, 0.05) is 16.6 Å². The van der Waals surface area contributed by atoms with Crippen LogP contribution in [-0.4, -0.2) is 5.78 Å². The largest absolute Gasteiger partial charge is 0.452 e. The number of aryl methyl sites for hydroxylation is 2.